The van der Waals surface area contributed by atoms with Gasteiger partial charge in [0.05, 0.1) is 0 Å². The van der Waals surface area contributed by atoms with E-state index in [-0.39, 0.29) is 0 Å². The summed E-state index contributed by atoms with van der Waals surface area (Å²) in [5, 5.41) is 2.62. The Morgan fingerprint density at radius 1 is 0.818 bits per heavy atom. The van der Waals surface area contributed by atoms with Gasteiger partial charge in [0.25, 0.3) is 0 Å². The smallest absolute Gasteiger partial charge is 0.0178 e. The van der Waals surface area contributed by atoms with Gasteiger partial charge in [-0.25, -0.2) is 0 Å². The van der Waals surface area contributed by atoms with Crippen molar-refractivity contribution >= 4 is 10.8 Å². The summed E-state index contributed by atoms with van der Waals surface area (Å²) < 4.78 is 0. The molecule has 22 heavy (non-hydrogen) atoms. The molecule has 0 bridgehead atoms. The highest BCUT2D eigenvalue weighted by Gasteiger charge is 2.03. The summed E-state index contributed by atoms with van der Waals surface area (Å²) in [5.41, 5.74) is 8.36. The summed E-state index contributed by atoms with van der Waals surface area (Å²) in [5.74, 6) is 0. The average molecular weight is 298 g/mol. The summed E-state index contributed by atoms with van der Waals surface area (Å²) in [6, 6.07) is 13.4. The van der Waals surface area contributed by atoms with Crippen LogP contribution in [0.15, 0.2) is 36.4 Å². The minimum Gasteiger partial charge on any atom is -0.326 e. The number of hydrogen-bond acceptors (Lipinski definition) is 2. The largest absolute Gasteiger partial charge is 0.326 e. The van der Waals surface area contributed by atoms with Gasteiger partial charge in [-0.2, -0.15) is 0 Å². The first-order chi connectivity index (χ1) is 10.8. The molecule has 0 fully saturated rings. The number of benzene rings is 2. The van der Waals surface area contributed by atoms with Crippen LogP contribution in [0.25, 0.3) is 10.8 Å². The van der Waals surface area contributed by atoms with E-state index in [1.165, 1.54) is 67.2 Å². The van der Waals surface area contributed by atoms with Crippen LogP contribution in [0, 0.1) is 0 Å². The molecule has 0 spiro atoms. The Hall–Kier alpha value is -1.38. The van der Waals surface area contributed by atoms with Crippen molar-refractivity contribution in [1.29, 1.82) is 0 Å². The standard InChI is InChI=1S/C20H30N2/c1-3-11-22(12-4-2)13-5-6-17-7-9-20-15-18(16-21)8-10-19(20)14-17/h7-10,14-15H,3-6,11-13,16,21H2,1-2H3. The van der Waals surface area contributed by atoms with Crippen LogP contribution in [-0.4, -0.2) is 24.5 Å². The molecule has 0 amide bonds. The Kier molecular flexibility index (Phi) is 6.88. The fraction of sp³-hybridized carbons (Fsp3) is 0.500. The van der Waals surface area contributed by atoms with Gasteiger partial charge in [0.15, 0.2) is 0 Å². The van der Waals surface area contributed by atoms with Crippen molar-refractivity contribution in [2.24, 2.45) is 5.73 Å². The molecule has 0 atom stereocenters. The Morgan fingerprint density at radius 2 is 1.41 bits per heavy atom. The molecule has 0 unspecified atom stereocenters. The molecule has 2 nitrogen and oxygen atoms in total. The van der Waals surface area contributed by atoms with Crippen LogP contribution in [0.4, 0.5) is 0 Å². The van der Waals surface area contributed by atoms with Crippen molar-refractivity contribution in [3.8, 4) is 0 Å². The molecule has 2 aromatic rings. The number of nitrogens with two attached hydrogens (primary N) is 1. The molecule has 2 aromatic carbocycles. The lowest BCUT2D eigenvalue weighted by Gasteiger charge is -2.20. The molecule has 0 aliphatic heterocycles. The van der Waals surface area contributed by atoms with Gasteiger partial charge in [-0.15, -0.1) is 0 Å². The lowest BCUT2D eigenvalue weighted by molar-refractivity contribution is 0.271. The van der Waals surface area contributed by atoms with Gasteiger partial charge in [-0.05, 0) is 73.3 Å². The monoisotopic (exact) mass is 298 g/mol. The lowest BCUT2D eigenvalue weighted by Crippen LogP contribution is -2.26. The minimum absolute atomic E-state index is 0.613. The van der Waals surface area contributed by atoms with E-state index >= 15 is 0 Å². The van der Waals surface area contributed by atoms with Crippen molar-refractivity contribution in [3.63, 3.8) is 0 Å². The summed E-state index contributed by atoms with van der Waals surface area (Å²) in [6.07, 6.45) is 4.91. The summed E-state index contributed by atoms with van der Waals surface area (Å²) >= 11 is 0. The van der Waals surface area contributed by atoms with E-state index in [1.807, 2.05) is 0 Å². The second kappa shape index (κ2) is 8.92. The molecule has 120 valence electrons. The van der Waals surface area contributed by atoms with Gasteiger partial charge in [0.2, 0.25) is 0 Å². The molecule has 2 heteroatoms. The molecule has 0 heterocycles. The summed E-state index contributed by atoms with van der Waals surface area (Å²) in [7, 11) is 0. The molecule has 2 rings (SSSR count). The Balaban J connectivity index is 1.94. The first-order valence-corrected chi connectivity index (χ1v) is 8.70. The van der Waals surface area contributed by atoms with Crippen LogP contribution in [0.5, 0.6) is 0 Å². The van der Waals surface area contributed by atoms with Crippen molar-refractivity contribution < 1.29 is 0 Å². The third-order valence-electron chi connectivity index (χ3n) is 4.22. The number of hydrogen-bond donors (Lipinski definition) is 1. The maximum absolute atomic E-state index is 5.71. The molecule has 0 radical (unpaired) electrons. The van der Waals surface area contributed by atoms with Gasteiger partial charge < -0.3 is 10.6 Å². The van der Waals surface area contributed by atoms with Gasteiger partial charge in [-0.3, -0.25) is 0 Å². The number of rotatable bonds is 9. The lowest BCUT2D eigenvalue weighted by atomic mass is 10.0. The highest BCUT2D eigenvalue weighted by atomic mass is 15.1. The minimum atomic E-state index is 0.613. The van der Waals surface area contributed by atoms with E-state index < -0.39 is 0 Å². The van der Waals surface area contributed by atoms with E-state index in [2.05, 4.69) is 55.1 Å². The van der Waals surface area contributed by atoms with Crippen molar-refractivity contribution in [2.45, 2.75) is 46.1 Å². The van der Waals surface area contributed by atoms with Gasteiger partial charge in [0, 0.05) is 6.54 Å². The third-order valence-corrected chi connectivity index (χ3v) is 4.22. The van der Waals surface area contributed by atoms with Crippen LogP contribution in [0.3, 0.4) is 0 Å². The van der Waals surface area contributed by atoms with Gasteiger partial charge in [-0.1, -0.05) is 44.2 Å². The first-order valence-electron chi connectivity index (χ1n) is 8.70. The topological polar surface area (TPSA) is 29.3 Å². The maximum atomic E-state index is 5.71. The first kappa shape index (κ1) is 17.0. The molecule has 0 saturated heterocycles. The second-order valence-electron chi connectivity index (χ2n) is 6.17. The molecule has 2 N–H and O–H groups in total. The summed E-state index contributed by atoms with van der Waals surface area (Å²) in [4.78, 5) is 2.59. The summed E-state index contributed by atoms with van der Waals surface area (Å²) in [6.45, 7) is 8.82. The SMILES string of the molecule is CCCN(CCC)CCCc1ccc2cc(CN)ccc2c1. The molecule has 0 saturated carbocycles. The van der Waals surface area contributed by atoms with Crippen molar-refractivity contribution in [1.82, 2.24) is 4.90 Å². The zero-order chi connectivity index (χ0) is 15.8. The molecule has 0 aliphatic carbocycles. The predicted molar refractivity (Wildman–Crippen MR) is 97.2 cm³/mol. The number of fused-ring (bicyclic) bond motifs is 1. The third kappa shape index (κ3) is 4.82. The molecular weight excluding hydrogens is 268 g/mol. The van der Waals surface area contributed by atoms with Gasteiger partial charge in [0.1, 0.15) is 0 Å². The fourth-order valence-electron chi connectivity index (χ4n) is 3.10. The predicted octanol–water partition coefficient (Wildman–Crippen LogP) is 4.35. The Bertz CT molecular complexity index is 571. The zero-order valence-electron chi connectivity index (χ0n) is 14.1. The van der Waals surface area contributed by atoms with Crippen LogP contribution < -0.4 is 5.73 Å². The van der Waals surface area contributed by atoms with Gasteiger partial charge >= 0.3 is 0 Å². The normalized spacial score (nSPS) is 11.5. The highest BCUT2D eigenvalue weighted by molar-refractivity contribution is 5.83. The Labute approximate surface area is 135 Å². The molecule has 0 aromatic heterocycles. The highest BCUT2D eigenvalue weighted by Crippen LogP contribution is 2.19. The number of aryl methyl sites for hydroxylation is 1. The van der Waals surface area contributed by atoms with Crippen LogP contribution in [-0.2, 0) is 13.0 Å². The Morgan fingerprint density at radius 3 is 2.00 bits per heavy atom. The quantitative estimate of drug-likeness (QED) is 0.745. The zero-order valence-corrected chi connectivity index (χ0v) is 14.1. The van der Waals surface area contributed by atoms with E-state index in [1.54, 1.807) is 0 Å². The van der Waals surface area contributed by atoms with Crippen molar-refractivity contribution in [3.05, 3.63) is 47.5 Å². The number of nitrogens with zero attached hydrogens (tertiary/aromatic N) is 1. The average Bonchev–Trinajstić information content (AvgIpc) is 2.54. The maximum Gasteiger partial charge on any atom is 0.0178 e. The van der Waals surface area contributed by atoms with Crippen LogP contribution in [0.2, 0.25) is 0 Å². The molecule has 0 aliphatic rings. The van der Waals surface area contributed by atoms with Crippen molar-refractivity contribution in [2.75, 3.05) is 19.6 Å². The molecular formula is C20H30N2. The van der Waals surface area contributed by atoms with Crippen LogP contribution in [0.1, 0.15) is 44.2 Å². The fourth-order valence-corrected chi connectivity index (χ4v) is 3.10. The van der Waals surface area contributed by atoms with Crippen LogP contribution >= 0.6 is 0 Å². The second-order valence-corrected chi connectivity index (χ2v) is 6.17. The van der Waals surface area contributed by atoms with E-state index in [0.717, 1.165) is 0 Å². The van der Waals surface area contributed by atoms with E-state index in [9.17, 15) is 0 Å². The van der Waals surface area contributed by atoms with E-state index in [0.29, 0.717) is 6.54 Å². The van der Waals surface area contributed by atoms with E-state index in [4.69, 9.17) is 5.73 Å².